The van der Waals surface area contributed by atoms with E-state index in [4.69, 9.17) is 14.7 Å². The molecule has 9 heteroatoms. The number of aliphatic hydroxyl groups excluding tert-OH is 1. The maximum absolute atomic E-state index is 12.3. The van der Waals surface area contributed by atoms with Crippen LogP contribution >= 0.6 is 0 Å². The van der Waals surface area contributed by atoms with E-state index in [9.17, 15) is 14.7 Å². The number of rotatable bonds is 13. The Bertz CT molecular complexity index is 1390. The van der Waals surface area contributed by atoms with E-state index in [1.165, 1.54) is 19.3 Å². The number of nitrogens with zero attached hydrogens (tertiary/aromatic N) is 1. The highest BCUT2D eigenvalue weighted by atomic mass is 16.7. The average Bonchev–Trinajstić information content (AvgIpc) is 3.09. The number of aliphatic hydroxyl groups is 1. The molecule has 240 valence electrons. The summed E-state index contributed by atoms with van der Waals surface area (Å²) in [6, 6.07) is 24.4. The summed E-state index contributed by atoms with van der Waals surface area (Å²) in [6.07, 6.45) is 5.57. The molecule has 3 aromatic carbocycles. The number of piperidine rings is 1. The molecule has 2 fully saturated rings. The number of likely N-dealkylation sites (tertiary alicyclic amines) is 1. The van der Waals surface area contributed by atoms with Crippen molar-refractivity contribution in [2.45, 2.75) is 83.0 Å². The maximum Gasteiger partial charge on any atom is 0.243 e. The third-order valence-electron chi connectivity index (χ3n) is 8.62. The van der Waals surface area contributed by atoms with Gasteiger partial charge in [-0.15, -0.1) is 0 Å². The van der Waals surface area contributed by atoms with Gasteiger partial charge in [-0.05, 0) is 78.7 Å². The van der Waals surface area contributed by atoms with E-state index in [2.05, 4.69) is 40.5 Å². The van der Waals surface area contributed by atoms with Crippen molar-refractivity contribution in [3.8, 4) is 11.1 Å². The van der Waals surface area contributed by atoms with Gasteiger partial charge in [-0.25, -0.2) is 5.48 Å². The Labute approximate surface area is 265 Å². The summed E-state index contributed by atoms with van der Waals surface area (Å²) in [5.41, 5.74) is 7.60. The van der Waals surface area contributed by atoms with E-state index in [1.54, 1.807) is 5.48 Å². The van der Waals surface area contributed by atoms with Crippen LogP contribution in [-0.4, -0.2) is 52.8 Å². The summed E-state index contributed by atoms with van der Waals surface area (Å²) >= 11 is 0. The lowest BCUT2D eigenvalue weighted by molar-refractivity contribution is -0.253. The summed E-state index contributed by atoms with van der Waals surface area (Å²) in [4.78, 5) is 26.0. The Kier molecular flexibility index (Phi) is 12.1. The second-order valence-electron chi connectivity index (χ2n) is 12.1. The molecule has 0 aromatic heterocycles. The second-order valence-corrected chi connectivity index (χ2v) is 12.1. The van der Waals surface area contributed by atoms with Crippen LogP contribution < -0.4 is 10.8 Å². The Balaban J connectivity index is 1.26. The predicted molar refractivity (Wildman–Crippen MR) is 171 cm³/mol. The summed E-state index contributed by atoms with van der Waals surface area (Å²) in [5.74, 6) is -0.512. The zero-order valence-electron chi connectivity index (χ0n) is 25.8. The Morgan fingerprint density at radius 2 is 1.51 bits per heavy atom. The number of amides is 2. The van der Waals surface area contributed by atoms with Crippen LogP contribution in [0.2, 0.25) is 0 Å². The summed E-state index contributed by atoms with van der Waals surface area (Å²) < 4.78 is 13.2. The Morgan fingerprint density at radius 1 is 0.800 bits per heavy atom. The van der Waals surface area contributed by atoms with E-state index >= 15 is 0 Å². The first-order valence-corrected chi connectivity index (χ1v) is 16.1. The molecule has 2 amide bonds. The summed E-state index contributed by atoms with van der Waals surface area (Å²) in [7, 11) is 0. The van der Waals surface area contributed by atoms with Crippen molar-refractivity contribution < 1.29 is 29.4 Å². The normalized spacial score (nSPS) is 20.4. The van der Waals surface area contributed by atoms with Crippen molar-refractivity contribution in [1.29, 1.82) is 0 Å². The van der Waals surface area contributed by atoms with Gasteiger partial charge < -0.3 is 24.8 Å². The van der Waals surface area contributed by atoms with Crippen LogP contribution in [0.5, 0.6) is 0 Å². The first-order valence-electron chi connectivity index (χ1n) is 16.1. The maximum atomic E-state index is 12.3. The second kappa shape index (κ2) is 16.6. The van der Waals surface area contributed by atoms with Crippen LogP contribution in [0.25, 0.3) is 11.1 Å². The average molecular weight is 616 g/mol. The van der Waals surface area contributed by atoms with E-state index in [0.717, 1.165) is 59.4 Å². The fraction of sp³-hybridized carbons (Fsp3) is 0.444. The molecule has 0 saturated carbocycles. The molecule has 5 rings (SSSR count). The van der Waals surface area contributed by atoms with Crippen LogP contribution in [0.3, 0.4) is 0 Å². The van der Waals surface area contributed by atoms with Gasteiger partial charge in [0.1, 0.15) is 0 Å². The van der Waals surface area contributed by atoms with Crippen LogP contribution in [0, 0.1) is 0 Å². The lowest BCUT2D eigenvalue weighted by atomic mass is 9.98. The number of hydrogen-bond donors (Lipinski definition) is 4. The van der Waals surface area contributed by atoms with Gasteiger partial charge in [0, 0.05) is 37.9 Å². The Hall–Kier alpha value is -3.60. The van der Waals surface area contributed by atoms with Gasteiger partial charge in [-0.3, -0.25) is 14.8 Å². The highest BCUT2D eigenvalue weighted by Gasteiger charge is 2.33. The van der Waals surface area contributed by atoms with Gasteiger partial charge in [-0.1, -0.05) is 67.1 Å². The van der Waals surface area contributed by atoms with Crippen LogP contribution in [0.1, 0.15) is 86.0 Å². The fourth-order valence-corrected chi connectivity index (χ4v) is 6.10. The minimum atomic E-state index is -0.512. The highest BCUT2D eigenvalue weighted by molar-refractivity contribution is 5.76. The topological polar surface area (TPSA) is 120 Å². The zero-order valence-corrected chi connectivity index (χ0v) is 25.8. The summed E-state index contributed by atoms with van der Waals surface area (Å²) in [5, 5.41) is 21.1. The third-order valence-corrected chi connectivity index (χ3v) is 8.62. The minimum Gasteiger partial charge on any atom is -0.392 e. The number of hydroxylamine groups is 1. The number of unbranched alkanes of at least 4 members (excludes halogenated alkanes) is 1. The number of carbonyl (C=O) groups is 2. The quantitative estimate of drug-likeness (QED) is 0.113. The standard InChI is InChI=1S/C36H45N3O6/c40-25-26-14-16-28(17-15-26)33-22-32(24-39-18-4-1-5-19-39)44-36(45-33)31-11-7-10-30(21-31)29-9-6-8-27(20-29)23-37-34(41)12-2-3-13-35(42)38-43/h6-11,14-17,20-21,32-33,36,40,43H,1-5,12-13,18-19,22-25H2,(H,37,41)(H,38,42)/t32-,33+,36+/m1/s1. The van der Waals surface area contributed by atoms with Crippen molar-refractivity contribution in [2.75, 3.05) is 19.6 Å². The monoisotopic (exact) mass is 615 g/mol. The molecule has 0 spiro atoms. The Morgan fingerprint density at radius 3 is 2.24 bits per heavy atom. The number of nitrogens with one attached hydrogen (secondary N) is 2. The molecule has 0 aliphatic carbocycles. The lowest BCUT2D eigenvalue weighted by Gasteiger charge is -2.39. The molecule has 3 aromatic rings. The molecule has 2 aliphatic heterocycles. The highest BCUT2D eigenvalue weighted by Crippen LogP contribution is 2.39. The van der Waals surface area contributed by atoms with Crippen molar-refractivity contribution in [1.82, 2.24) is 15.7 Å². The summed E-state index contributed by atoms with van der Waals surface area (Å²) in [6.45, 7) is 3.53. The van der Waals surface area contributed by atoms with Gasteiger partial charge >= 0.3 is 0 Å². The molecule has 2 heterocycles. The molecule has 2 saturated heterocycles. The number of carbonyl (C=O) groups excluding carboxylic acids is 2. The van der Waals surface area contributed by atoms with Crippen molar-refractivity contribution in [3.05, 3.63) is 95.1 Å². The van der Waals surface area contributed by atoms with Gasteiger partial charge in [0.2, 0.25) is 11.8 Å². The van der Waals surface area contributed by atoms with Crippen LogP contribution in [-0.2, 0) is 32.2 Å². The molecule has 45 heavy (non-hydrogen) atoms. The lowest BCUT2D eigenvalue weighted by Crippen LogP contribution is -2.41. The molecule has 4 N–H and O–H groups in total. The SMILES string of the molecule is O=C(CCCCC(=O)NCc1cccc(-c2cccc([C@H]3O[C@@H](CN4CCCCC4)C[C@@H](c4ccc(CO)cc4)O3)c2)c1)NO. The smallest absolute Gasteiger partial charge is 0.243 e. The van der Waals surface area contributed by atoms with Crippen LogP contribution in [0.15, 0.2) is 72.8 Å². The van der Waals surface area contributed by atoms with Crippen molar-refractivity contribution in [2.24, 2.45) is 0 Å². The molecule has 0 unspecified atom stereocenters. The van der Waals surface area contributed by atoms with E-state index in [1.807, 2.05) is 42.5 Å². The molecular weight excluding hydrogens is 570 g/mol. The first-order chi connectivity index (χ1) is 22.0. The largest absolute Gasteiger partial charge is 0.392 e. The first kappa shape index (κ1) is 32.8. The predicted octanol–water partition coefficient (Wildman–Crippen LogP) is 5.56. The van der Waals surface area contributed by atoms with Crippen molar-refractivity contribution >= 4 is 11.8 Å². The fourth-order valence-electron chi connectivity index (χ4n) is 6.10. The molecular formula is C36H45N3O6. The number of benzene rings is 3. The van der Waals surface area contributed by atoms with Crippen LogP contribution in [0.4, 0.5) is 0 Å². The molecule has 2 aliphatic rings. The minimum absolute atomic E-state index is 0.0167. The van der Waals surface area contributed by atoms with Gasteiger partial charge in [-0.2, -0.15) is 0 Å². The number of hydrogen-bond acceptors (Lipinski definition) is 7. The zero-order chi connectivity index (χ0) is 31.4. The molecule has 9 nitrogen and oxygen atoms in total. The van der Waals surface area contributed by atoms with Gasteiger partial charge in [0.15, 0.2) is 6.29 Å². The van der Waals surface area contributed by atoms with Gasteiger partial charge in [0.25, 0.3) is 0 Å². The van der Waals surface area contributed by atoms with E-state index in [-0.39, 0.29) is 31.1 Å². The van der Waals surface area contributed by atoms with Crippen molar-refractivity contribution in [3.63, 3.8) is 0 Å². The van der Waals surface area contributed by atoms with E-state index < -0.39 is 12.2 Å². The molecule has 0 bridgehead atoms. The third kappa shape index (κ3) is 9.69. The molecule has 0 radical (unpaired) electrons. The number of ether oxygens (including phenoxy) is 2. The molecule has 3 atom stereocenters. The van der Waals surface area contributed by atoms with E-state index in [0.29, 0.717) is 25.8 Å². The van der Waals surface area contributed by atoms with Gasteiger partial charge in [0.05, 0.1) is 18.8 Å².